The molecule has 0 radical (unpaired) electrons. The Kier molecular flexibility index (Phi) is 2.15. The van der Waals surface area contributed by atoms with Crippen molar-refractivity contribution in [1.82, 2.24) is 0 Å². The summed E-state index contributed by atoms with van der Waals surface area (Å²) in [6.45, 7) is 2.57. The topological polar surface area (TPSA) is 52.3 Å². The summed E-state index contributed by atoms with van der Waals surface area (Å²) in [6, 6.07) is 5.85. The average Bonchev–Trinajstić information content (AvgIpc) is 2.16. The van der Waals surface area contributed by atoms with E-state index in [2.05, 4.69) is 0 Å². The molecule has 0 bridgehead atoms. The summed E-state index contributed by atoms with van der Waals surface area (Å²) in [7, 11) is 0. The number of fused-ring (bicyclic) bond motifs is 1. The van der Waals surface area contributed by atoms with E-state index >= 15 is 0 Å². The third-order valence-electron chi connectivity index (χ3n) is 2.55. The van der Waals surface area contributed by atoms with Crippen LogP contribution in [-0.2, 0) is 4.79 Å². The molecule has 3 nitrogen and oxygen atoms in total. The van der Waals surface area contributed by atoms with Crippen molar-refractivity contribution in [1.29, 1.82) is 0 Å². The highest BCUT2D eigenvalue weighted by Gasteiger charge is 2.25. The average molecular weight is 191 g/mol. The lowest BCUT2D eigenvalue weighted by atomic mass is 9.91. The maximum Gasteiger partial charge on any atom is 0.225 e. The van der Waals surface area contributed by atoms with Crippen LogP contribution < -0.4 is 10.5 Å². The Morgan fingerprint density at radius 2 is 2.36 bits per heavy atom. The fourth-order valence-electron chi connectivity index (χ4n) is 1.81. The molecule has 0 saturated carbocycles. The number of hydrogen-bond donors (Lipinski definition) is 1. The third kappa shape index (κ3) is 1.45. The van der Waals surface area contributed by atoms with Gasteiger partial charge in [0.15, 0.2) is 0 Å². The van der Waals surface area contributed by atoms with E-state index in [4.69, 9.17) is 10.5 Å². The van der Waals surface area contributed by atoms with Gasteiger partial charge in [0.2, 0.25) is 5.91 Å². The Hall–Kier alpha value is -1.51. The molecule has 14 heavy (non-hydrogen) atoms. The molecule has 1 aliphatic rings. The van der Waals surface area contributed by atoms with Crippen molar-refractivity contribution in [3.8, 4) is 5.75 Å². The normalized spacial score (nSPS) is 19.6. The van der Waals surface area contributed by atoms with Gasteiger partial charge in [0.05, 0.1) is 12.5 Å². The standard InChI is InChI=1S/C11H13NO2/c1-7-2-3-10-9(6-7)8(11(12)13)4-5-14-10/h2-3,6,8H,4-5H2,1H3,(H2,12,13). The van der Waals surface area contributed by atoms with E-state index in [9.17, 15) is 4.79 Å². The number of rotatable bonds is 1. The second-order valence-electron chi connectivity index (χ2n) is 3.63. The molecule has 0 aliphatic carbocycles. The summed E-state index contributed by atoms with van der Waals surface area (Å²) in [4.78, 5) is 11.2. The Labute approximate surface area is 82.9 Å². The molecule has 1 aromatic rings. The van der Waals surface area contributed by atoms with E-state index in [0.29, 0.717) is 13.0 Å². The molecule has 2 rings (SSSR count). The Balaban J connectivity index is 2.46. The largest absolute Gasteiger partial charge is 0.493 e. The summed E-state index contributed by atoms with van der Waals surface area (Å²) in [5.41, 5.74) is 7.40. The molecule has 0 aromatic heterocycles. The van der Waals surface area contributed by atoms with Crippen molar-refractivity contribution in [3.63, 3.8) is 0 Å². The first-order valence-corrected chi connectivity index (χ1v) is 4.71. The van der Waals surface area contributed by atoms with Crippen LogP contribution in [0.25, 0.3) is 0 Å². The van der Waals surface area contributed by atoms with Gasteiger partial charge in [0.25, 0.3) is 0 Å². The van der Waals surface area contributed by atoms with Gasteiger partial charge in [-0.15, -0.1) is 0 Å². The number of benzene rings is 1. The number of primary amides is 1. The molecule has 1 unspecified atom stereocenters. The highest BCUT2D eigenvalue weighted by Crippen LogP contribution is 2.33. The highest BCUT2D eigenvalue weighted by molar-refractivity contribution is 5.83. The lowest BCUT2D eigenvalue weighted by molar-refractivity contribution is -0.120. The van der Waals surface area contributed by atoms with E-state index < -0.39 is 0 Å². The predicted molar refractivity (Wildman–Crippen MR) is 53.2 cm³/mol. The van der Waals surface area contributed by atoms with Gasteiger partial charge in [-0.05, 0) is 19.4 Å². The monoisotopic (exact) mass is 191 g/mol. The second kappa shape index (κ2) is 3.33. The van der Waals surface area contributed by atoms with Gasteiger partial charge in [-0.3, -0.25) is 4.79 Å². The van der Waals surface area contributed by atoms with E-state index in [-0.39, 0.29) is 11.8 Å². The van der Waals surface area contributed by atoms with Crippen LogP contribution in [0.3, 0.4) is 0 Å². The van der Waals surface area contributed by atoms with E-state index in [1.54, 1.807) is 0 Å². The molecule has 1 heterocycles. The molecule has 0 saturated heterocycles. The Bertz CT molecular complexity index is 374. The first-order chi connectivity index (χ1) is 6.68. The number of nitrogens with two attached hydrogens (primary N) is 1. The fourth-order valence-corrected chi connectivity index (χ4v) is 1.81. The molecular weight excluding hydrogens is 178 g/mol. The van der Waals surface area contributed by atoms with Crippen molar-refractivity contribution in [2.45, 2.75) is 19.3 Å². The summed E-state index contributed by atoms with van der Waals surface area (Å²) in [6.07, 6.45) is 0.686. The number of ether oxygens (including phenoxy) is 1. The molecular formula is C11H13NO2. The first-order valence-electron chi connectivity index (χ1n) is 4.71. The van der Waals surface area contributed by atoms with Gasteiger partial charge < -0.3 is 10.5 Å². The van der Waals surface area contributed by atoms with Gasteiger partial charge in [-0.2, -0.15) is 0 Å². The van der Waals surface area contributed by atoms with Crippen LogP contribution in [0.2, 0.25) is 0 Å². The summed E-state index contributed by atoms with van der Waals surface area (Å²) in [5.74, 6) is 0.351. The van der Waals surface area contributed by atoms with E-state index in [1.165, 1.54) is 0 Å². The van der Waals surface area contributed by atoms with Crippen molar-refractivity contribution in [2.75, 3.05) is 6.61 Å². The van der Waals surface area contributed by atoms with Crippen molar-refractivity contribution in [3.05, 3.63) is 29.3 Å². The molecule has 1 aliphatic heterocycles. The highest BCUT2D eigenvalue weighted by atomic mass is 16.5. The summed E-state index contributed by atoms with van der Waals surface area (Å²) < 4.78 is 5.45. The molecule has 1 atom stereocenters. The summed E-state index contributed by atoms with van der Waals surface area (Å²) in [5, 5.41) is 0. The molecule has 0 spiro atoms. The minimum absolute atomic E-state index is 0.182. The minimum Gasteiger partial charge on any atom is -0.493 e. The van der Waals surface area contributed by atoms with Crippen LogP contribution in [0, 0.1) is 6.92 Å². The molecule has 2 N–H and O–H groups in total. The molecule has 3 heteroatoms. The zero-order valence-corrected chi connectivity index (χ0v) is 8.12. The molecule has 74 valence electrons. The number of amides is 1. The van der Waals surface area contributed by atoms with Crippen LogP contribution in [0.1, 0.15) is 23.5 Å². The fraction of sp³-hybridized carbons (Fsp3) is 0.364. The van der Waals surface area contributed by atoms with Gasteiger partial charge >= 0.3 is 0 Å². The lowest BCUT2D eigenvalue weighted by Crippen LogP contribution is -2.26. The quantitative estimate of drug-likeness (QED) is 0.728. The third-order valence-corrected chi connectivity index (χ3v) is 2.55. The first kappa shape index (κ1) is 9.06. The van der Waals surface area contributed by atoms with Gasteiger partial charge in [-0.25, -0.2) is 0 Å². The Morgan fingerprint density at radius 1 is 1.57 bits per heavy atom. The van der Waals surface area contributed by atoms with Crippen molar-refractivity contribution >= 4 is 5.91 Å². The number of carbonyl (C=O) groups is 1. The van der Waals surface area contributed by atoms with Crippen LogP contribution in [-0.4, -0.2) is 12.5 Å². The smallest absolute Gasteiger partial charge is 0.225 e. The van der Waals surface area contributed by atoms with E-state index in [0.717, 1.165) is 16.9 Å². The van der Waals surface area contributed by atoms with Crippen molar-refractivity contribution < 1.29 is 9.53 Å². The molecule has 1 aromatic carbocycles. The second-order valence-corrected chi connectivity index (χ2v) is 3.63. The SMILES string of the molecule is Cc1ccc2c(c1)C(C(N)=O)CCO2. The van der Waals surface area contributed by atoms with Crippen LogP contribution in [0.4, 0.5) is 0 Å². The van der Waals surface area contributed by atoms with Gasteiger partial charge in [0.1, 0.15) is 5.75 Å². The minimum atomic E-state index is -0.264. The Morgan fingerprint density at radius 3 is 3.07 bits per heavy atom. The maximum atomic E-state index is 11.2. The van der Waals surface area contributed by atoms with Crippen LogP contribution in [0.5, 0.6) is 5.75 Å². The lowest BCUT2D eigenvalue weighted by Gasteiger charge is -2.23. The van der Waals surface area contributed by atoms with Gasteiger partial charge in [-0.1, -0.05) is 17.7 Å². The van der Waals surface area contributed by atoms with Crippen LogP contribution >= 0.6 is 0 Å². The maximum absolute atomic E-state index is 11.2. The van der Waals surface area contributed by atoms with Crippen molar-refractivity contribution in [2.24, 2.45) is 5.73 Å². The van der Waals surface area contributed by atoms with E-state index in [1.807, 2.05) is 25.1 Å². The predicted octanol–water partition coefficient (Wildman–Crippen LogP) is 1.35. The molecule has 1 amide bonds. The number of aryl methyl sites for hydroxylation is 1. The number of hydrogen-bond acceptors (Lipinski definition) is 2. The van der Waals surface area contributed by atoms with Crippen LogP contribution in [0.15, 0.2) is 18.2 Å². The summed E-state index contributed by atoms with van der Waals surface area (Å²) >= 11 is 0. The van der Waals surface area contributed by atoms with Gasteiger partial charge in [0, 0.05) is 5.56 Å². The zero-order chi connectivity index (χ0) is 10.1. The molecule has 0 fully saturated rings. The zero-order valence-electron chi connectivity index (χ0n) is 8.12. The number of carbonyl (C=O) groups excluding carboxylic acids is 1.